The van der Waals surface area contributed by atoms with Gasteiger partial charge in [0.2, 0.25) is 0 Å². The van der Waals surface area contributed by atoms with Crippen molar-refractivity contribution >= 4 is 51.2 Å². The van der Waals surface area contributed by atoms with Gasteiger partial charge in [-0.25, -0.2) is 4.98 Å². The molecule has 0 spiro atoms. The van der Waals surface area contributed by atoms with E-state index in [1.165, 1.54) is 7.11 Å². The summed E-state index contributed by atoms with van der Waals surface area (Å²) in [5, 5.41) is 1.00. The van der Waals surface area contributed by atoms with Crippen molar-refractivity contribution < 1.29 is 9.53 Å². The number of benzene rings is 2. The van der Waals surface area contributed by atoms with E-state index >= 15 is 0 Å². The predicted molar refractivity (Wildman–Crippen MR) is 113 cm³/mol. The third-order valence-electron chi connectivity index (χ3n) is 4.00. The van der Waals surface area contributed by atoms with E-state index in [1.807, 2.05) is 24.3 Å². The molecule has 0 amide bonds. The van der Waals surface area contributed by atoms with Gasteiger partial charge in [-0.1, -0.05) is 57.8 Å². The van der Waals surface area contributed by atoms with Crippen molar-refractivity contribution in [2.24, 2.45) is 0 Å². The Kier molecular flexibility index (Phi) is 6.05. The van der Waals surface area contributed by atoms with Gasteiger partial charge in [-0.05, 0) is 36.4 Å². The lowest BCUT2D eigenvalue weighted by molar-refractivity contribution is -0.141. The van der Waals surface area contributed by atoms with Crippen LogP contribution >= 0.6 is 39.1 Å². The molecule has 3 aromatic rings. The minimum atomic E-state index is -0.386. The number of rotatable bonds is 5. The second-order valence-electron chi connectivity index (χ2n) is 5.67. The van der Waals surface area contributed by atoms with Crippen molar-refractivity contribution in [3.05, 3.63) is 69.3 Å². The van der Waals surface area contributed by atoms with Gasteiger partial charge in [0.1, 0.15) is 12.4 Å². The first-order chi connectivity index (χ1) is 12.9. The van der Waals surface area contributed by atoms with Crippen LogP contribution in [0.1, 0.15) is 5.69 Å². The highest BCUT2D eigenvalue weighted by Crippen LogP contribution is 2.35. The number of esters is 1. The quantitative estimate of drug-likeness (QED) is 0.427. The largest absolute Gasteiger partial charge is 0.468 e. The number of imidazole rings is 1. The Morgan fingerprint density at radius 1 is 1.26 bits per heavy atom. The van der Waals surface area contributed by atoms with Crippen LogP contribution in [0.5, 0.6) is 0 Å². The van der Waals surface area contributed by atoms with Crippen LogP contribution in [0, 0.1) is 0 Å². The number of aromatic nitrogens is 2. The Balaban J connectivity index is 2.25. The molecule has 0 N–H and O–H groups in total. The number of carbonyl (C=O) groups excluding carboxylic acids is 1. The van der Waals surface area contributed by atoms with Crippen LogP contribution in [-0.4, -0.2) is 22.6 Å². The maximum absolute atomic E-state index is 12.0. The molecule has 0 bridgehead atoms. The lowest BCUT2D eigenvalue weighted by atomic mass is 10.1. The second kappa shape index (κ2) is 8.30. The van der Waals surface area contributed by atoms with Crippen molar-refractivity contribution in [3.63, 3.8) is 0 Å². The van der Waals surface area contributed by atoms with Gasteiger partial charge in [0.15, 0.2) is 0 Å². The molecule has 138 valence electrons. The van der Waals surface area contributed by atoms with Crippen LogP contribution in [0.25, 0.3) is 28.7 Å². The van der Waals surface area contributed by atoms with Crippen molar-refractivity contribution in [1.29, 1.82) is 0 Å². The molecule has 0 aliphatic rings. The summed E-state index contributed by atoms with van der Waals surface area (Å²) in [5.41, 5.74) is 2.84. The smallest absolute Gasteiger partial charge is 0.325 e. The van der Waals surface area contributed by atoms with E-state index < -0.39 is 0 Å². The first kappa shape index (κ1) is 19.7. The molecule has 1 heterocycles. The van der Waals surface area contributed by atoms with E-state index in [9.17, 15) is 4.79 Å². The summed E-state index contributed by atoms with van der Waals surface area (Å²) in [6.45, 7) is 3.89. The molecule has 27 heavy (non-hydrogen) atoms. The standard InChI is InChI=1S/C20H15BrCl2N2O2/c1-3-17-19(15-9-8-14(22)10-16(15)23)24-20(25(17)11-18(26)27-2)12-4-6-13(21)7-5-12/h3-10H,1,11H2,2H3. The fourth-order valence-corrected chi connectivity index (χ4v) is 3.49. The van der Waals surface area contributed by atoms with Gasteiger partial charge in [0.05, 0.1) is 23.5 Å². The molecule has 0 atom stereocenters. The Morgan fingerprint density at radius 3 is 2.56 bits per heavy atom. The summed E-state index contributed by atoms with van der Waals surface area (Å²) in [6.07, 6.45) is 1.65. The van der Waals surface area contributed by atoms with Gasteiger partial charge in [-0.15, -0.1) is 0 Å². The summed E-state index contributed by atoms with van der Waals surface area (Å²) < 4.78 is 7.56. The Labute approximate surface area is 175 Å². The van der Waals surface area contributed by atoms with Crippen molar-refractivity contribution in [2.75, 3.05) is 7.11 Å². The van der Waals surface area contributed by atoms with Gasteiger partial charge in [0.25, 0.3) is 0 Å². The molecule has 0 saturated heterocycles. The number of ether oxygens (including phenoxy) is 1. The first-order valence-corrected chi connectivity index (χ1v) is 9.50. The highest BCUT2D eigenvalue weighted by Gasteiger charge is 2.21. The lowest BCUT2D eigenvalue weighted by Crippen LogP contribution is -2.13. The Hall–Kier alpha value is -2.08. The van der Waals surface area contributed by atoms with Gasteiger partial charge in [-0.2, -0.15) is 0 Å². The average molecular weight is 466 g/mol. The zero-order valence-electron chi connectivity index (χ0n) is 14.4. The lowest BCUT2D eigenvalue weighted by Gasteiger charge is -2.09. The normalized spacial score (nSPS) is 10.7. The summed E-state index contributed by atoms with van der Waals surface area (Å²) in [4.78, 5) is 16.8. The molecule has 0 radical (unpaired) electrons. The highest BCUT2D eigenvalue weighted by atomic mass is 79.9. The fraction of sp³-hybridized carbons (Fsp3) is 0.100. The zero-order chi connectivity index (χ0) is 19.6. The number of hydrogen-bond donors (Lipinski definition) is 0. The van der Waals surface area contributed by atoms with Gasteiger partial charge in [0, 0.05) is 20.6 Å². The molecule has 1 aromatic heterocycles. The predicted octanol–water partition coefficient (Wildman–Crippen LogP) is 6.10. The maximum atomic E-state index is 12.0. The van der Waals surface area contributed by atoms with Crippen molar-refractivity contribution in [1.82, 2.24) is 9.55 Å². The van der Waals surface area contributed by atoms with Crippen LogP contribution < -0.4 is 0 Å². The van der Waals surface area contributed by atoms with Gasteiger partial charge < -0.3 is 9.30 Å². The summed E-state index contributed by atoms with van der Waals surface area (Å²) in [5.74, 6) is 0.228. The van der Waals surface area contributed by atoms with Crippen LogP contribution in [0.4, 0.5) is 0 Å². The number of carbonyl (C=O) groups is 1. The summed E-state index contributed by atoms with van der Waals surface area (Å²) in [6, 6.07) is 12.9. The van der Waals surface area contributed by atoms with Crippen molar-refractivity contribution in [2.45, 2.75) is 6.54 Å². The fourth-order valence-electron chi connectivity index (χ4n) is 2.73. The molecule has 4 nitrogen and oxygen atoms in total. The van der Waals surface area contributed by atoms with Gasteiger partial charge in [-0.3, -0.25) is 4.79 Å². The van der Waals surface area contributed by atoms with Crippen molar-refractivity contribution in [3.8, 4) is 22.6 Å². The molecule has 3 rings (SSSR count). The van der Waals surface area contributed by atoms with Gasteiger partial charge >= 0.3 is 5.97 Å². The molecule has 7 heteroatoms. The molecular weight excluding hydrogens is 451 g/mol. The summed E-state index contributed by atoms with van der Waals surface area (Å²) >= 11 is 15.8. The van der Waals surface area contributed by atoms with E-state index in [2.05, 4.69) is 22.5 Å². The van der Waals surface area contributed by atoms with E-state index in [1.54, 1.807) is 28.8 Å². The monoisotopic (exact) mass is 464 g/mol. The van der Waals surface area contributed by atoms with Crippen LogP contribution in [0.2, 0.25) is 10.0 Å². The zero-order valence-corrected chi connectivity index (χ0v) is 17.5. The Bertz CT molecular complexity index is 1010. The molecular formula is C20H15BrCl2N2O2. The molecule has 0 unspecified atom stereocenters. The summed E-state index contributed by atoms with van der Waals surface area (Å²) in [7, 11) is 1.35. The second-order valence-corrected chi connectivity index (χ2v) is 7.43. The van der Waals surface area contributed by atoms with Crippen LogP contribution in [0.3, 0.4) is 0 Å². The molecule has 0 fully saturated rings. The first-order valence-electron chi connectivity index (χ1n) is 7.95. The highest BCUT2D eigenvalue weighted by molar-refractivity contribution is 9.10. The van der Waals surface area contributed by atoms with Crippen LogP contribution in [-0.2, 0) is 16.1 Å². The maximum Gasteiger partial charge on any atom is 0.325 e. The topological polar surface area (TPSA) is 44.1 Å². The van der Waals surface area contributed by atoms with E-state index in [4.69, 9.17) is 32.9 Å². The number of nitrogens with zero attached hydrogens (tertiary/aromatic N) is 2. The SMILES string of the molecule is C=Cc1c(-c2ccc(Cl)cc2Cl)nc(-c2ccc(Br)cc2)n1CC(=O)OC. The molecule has 0 saturated carbocycles. The van der Waals surface area contributed by atoms with E-state index in [-0.39, 0.29) is 12.5 Å². The average Bonchev–Trinajstić information content (AvgIpc) is 3.00. The number of methoxy groups -OCH3 is 1. The third-order valence-corrected chi connectivity index (χ3v) is 5.08. The van der Waals surface area contributed by atoms with E-state index in [0.717, 1.165) is 10.0 Å². The number of hydrogen-bond acceptors (Lipinski definition) is 3. The Morgan fingerprint density at radius 2 is 1.96 bits per heavy atom. The van der Waals surface area contributed by atoms with Crippen LogP contribution in [0.15, 0.2) is 53.5 Å². The molecule has 0 aliphatic heterocycles. The minimum absolute atomic E-state index is 0.00145. The molecule has 2 aromatic carbocycles. The minimum Gasteiger partial charge on any atom is -0.468 e. The third kappa shape index (κ3) is 4.10. The number of halogens is 3. The van der Waals surface area contributed by atoms with E-state index in [0.29, 0.717) is 32.8 Å². The molecule has 0 aliphatic carbocycles.